The zero-order valence-electron chi connectivity index (χ0n) is 29.4. The Morgan fingerprint density at radius 2 is 1.19 bits per heavy atom. The second-order valence-electron chi connectivity index (χ2n) is 13.7. The van der Waals surface area contributed by atoms with Gasteiger partial charge < -0.3 is 19.1 Å². The van der Waals surface area contributed by atoms with Gasteiger partial charge in [-0.2, -0.15) is 8.42 Å². The van der Waals surface area contributed by atoms with Gasteiger partial charge in [0, 0.05) is 21.2 Å². The Balaban J connectivity index is 0.000000187. The first-order valence-electron chi connectivity index (χ1n) is 17.8. The Bertz CT molecular complexity index is 1850. The minimum absolute atomic E-state index is 0.0285. The molecule has 4 aliphatic rings. The number of rotatable bonds is 9. The van der Waals surface area contributed by atoms with Gasteiger partial charge in [-0.15, -0.1) is 0 Å². The lowest BCUT2D eigenvalue weighted by molar-refractivity contribution is -0.157. The normalized spacial score (nSPS) is 21.6. The molecule has 2 saturated carbocycles. The summed E-state index contributed by atoms with van der Waals surface area (Å²) in [6.07, 6.45) is 10.9. The quantitative estimate of drug-likeness (QED) is 0.156. The van der Waals surface area contributed by atoms with Crippen LogP contribution >= 0.6 is 23.2 Å². The van der Waals surface area contributed by atoms with Crippen molar-refractivity contribution in [2.24, 2.45) is 22.1 Å². The molecule has 0 radical (unpaired) electrons. The highest BCUT2D eigenvalue weighted by Gasteiger charge is 2.54. The van der Waals surface area contributed by atoms with Crippen LogP contribution in [0.1, 0.15) is 82.3 Å². The highest BCUT2D eigenvalue weighted by Crippen LogP contribution is 2.45. The van der Waals surface area contributed by atoms with Crippen LogP contribution in [0.25, 0.3) is 0 Å². The zero-order chi connectivity index (χ0) is 36.8. The maximum atomic E-state index is 12.6. The summed E-state index contributed by atoms with van der Waals surface area (Å²) in [6.45, 7) is 2.21. The van der Waals surface area contributed by atoms with Gasteiger partial charge in [-0.25, -0.2) is 0 Å². The largest absolute Gasteiger partial charge is 0.465 e. The van der Waals surface area contributed by atoms with Crippen molar-refractivity contribution < 1.29 is 36.5 Å². The smallest absolute Gasteiger partial charge is 0.319 e. The van der Waals surface area contributed by atoms with E-state index in [1.165, 1.54) is 6.42 Å². The molecule has 2 atom stereocenters. The first-order chi connectivity index (χ1) is 25.0. The fourth-order valence-electron chi connectivity index (χ4n) is 7.53. The number of carbonyl (C=O) groups is 1. The van der Waals surface area contributed by atoms with Crippen molar-refractivity contribution in [1.29, 1.82) is 0 Å². The van der Waals surface area contributed by atoms with Crippen LogP contribution in [0.15, 0.2) is 83.1 Å². The maximum absolute atomic E-state index is 12.6. The van der Waals surface area contributed by atoms with Gasteiger partial charge in [-0.1, -0.05) is 58.5 Å². The van der Waals surface area contributed by atoms with Crippen molar-refractivity contribution in [1.82, 2.24) is 0 Å². The fraction of sp³-hybridized carbons (Fsp3) is 0.462. The zero-order valence-corrected chi connectivity index (χ0v) is 31.7. The molecule has 2 aliphatic carbocycles. The van der Waals surface area contributed by atoms with E-state index in [2.05, 4.69) is 10.3 Å². The molecular formula is C39H44Cl2N2O8S. The Hall–Kier alpha value is -3.64. The Kier molecular flexibility index (Phi) is 12.1. The van der Waals surface area contributed by atoms with Crippen LogP contribution in [-0.4, -0.2) is 56.5 Å². The molecule has 0 aromatic heterocycles. The Morgan fingerprint density at radius 3 is 1.75 bits per heavy atom. The molecule has 52 heavy (non-hydrogen) atoms. The first kappa shape index (κ1) is 38.1. The molecule has 0 amide bonds. The van der Waals surface area contributed by atoms with Crippen LogP contribution in [0.3, 0.4) is 0 Å². The summed E-state index contributed by atoms with van der Waals surface area (Å²) in [7, 11) is -3.56. The van der Waals surface area contributed by atoms with Crippen LogP contribution in [0.5, 0.6) is 11.5 Å². The average Bonchev–Trinajstić information content (AvgIpc) is 3.67. The summed E-state index contributed by atoms with van der Waals surface area (Å²) < 4.78 is 39.6. The van der Waals surface area contributed by atoms with Crippen molar-refractivity contribution in [2.45, 2.75) is 82.3 Å². The molecule has 2 fully saturated rings. The van der Waals surface area contributed by atoms with Crippen molar-refractivity contribution in [3.8, 4) is 11.5 Å². The first-order valence-corrected chi connectivity index (χ1v) is 20.4. The van der Waals surface area contributed by atoms with Gasteiger partial charge >= 0.3 is 5.97 Å². The number of benzene rings is 3. The van der Waals surface area contributed by atoms with Crippen LogP contribution in [0, 0.1) is 11.8 Å². The maximum Gasteiger partial charge on any atom is 0.319 e. The monoisotopic (exact) mass is 770 g/mol. The van der Waals surface area contributed by atoms with E-state index in [1.807, 2.05) is 43.3 Å². The van der Waals surface area contributed by atoms with Crippen LogP contribution in [0.2, 0.25) is 10.0 Å². The average molecular weight is 772 g/mol. The minimum Gasteiger partial charge on any atom is -0.465 e. The Labute approximate surface area is 315 Å². The molecule has 3 aromatic carbocycles. The SMILES string of the molecule is CCOC(=O)C1C(c2ccc(Cl)cc2)=NOC12CCCCC2.CS(=O)(=O)OCC1C(c2ccc(Oc3ccc(Cl)cc3)cc2)=NOC12CCCCC2. The highest BCUT2D eigenvalue weighted by atomic mass is 35.5. The molecule has 0 saturated heterocycles. The van der Waals surface area contributed by atoms with Crippen molar-refractivity contribution >= 4 is 50.7 Å². The van der Waals surface area contributed by atoms with Crippen molar-refractivity contribution in [2.75, 3.05) is 19.5 Å². The second kappa shape index (κ2) is 16.6. The van der Waals surface area contributed by atoms with Crippen LogP contribution < -0.4 is 4.74 Å². The number of carbonyl (C=O) groups excluding carboxylic acids is 1. The van der Waals surface area contributed by atoms with Gasteiger partial charge in [-0.05, 0) is 119 Å². The number of ether oxygens (including phenoxy) is 2. The molecule has 10 nitrogen and oxygen atoms in total. The number of oxime groups is 2. The van der Waals surface area contributed by atoms with E-state index >= 15 is 0 Å². The molecule has 2 unspecified atom stereocenters. The van der Waals surface area contributed by atoms with Gasteiger partial charge in [0.2, 0.25) is 0 Å². The number of hydrogen-bond donors (Lipinski definition) is 0. The van der Waals surface area contributed by atoms with Crippen molar-refractivity contribution in [3.05, 3.63) is 94.0 Å². The van der Waals surface area contributed by atoms with E-state index < -0.39 is 27.2 Å². The van der Waals surface area contributed by atoms with Crippen LogP contribution in [-0.2, 0) is 33.5 Å². The lowest BCUT2D eigenvalue weighted by Gasteiger charge is -2.36. The van der Waals surface area contributed by atoms with Gasteiger partial charge in [0.1, 0.15) is 28.7 Å². The summed E-state index contributed by atoms with van der Waals surface area (Å²) in [5.41, 5.74) is 2.10. The Morgan fingerprint density at radius 1 is 0.731 bits per heavy atom. The lowest BCUT2D eigenvalue weighted by atomic mass is 9.73. The van der Waals surface area contributed by atoms with E-state index in [9.17, 15) is 13.2 Å². The summed E-state index contributed by atoms with van der Waals surface area (Å²) in [4.78, 5) is 24.3. The summed E-state index contributed by atoms with van der Waals surface area (Å²) in [5, 5.41) is 9.95. The van der Waals surface area contributed by atoms with E-state index in [0.29, 0.717) is 33.9 Å². The van der Waals surface area contributed by atoms with Crippen LogP contribution in [0.4, 0.5) is 0 Å². The minimum atomic E-state index is -3.56. The fourth-order valence-corrected chi connectivity index (χ4v) is 8.17. The lowest BCUT2D eigenvalue weighted by Crippen LogP contribution is -2.46. The van der Waals surface area contributed by atoms with Crippen molar-refractivity contribution in [3.63, 3.8) is 0 Å². The number of esters is 1. The molecule has 7 rings (SSSR count). The van der Waals surface area contributed by atoms with E-state index in [0.717, 1.165) is 80.9 Å². The molecular weight excluding hydrogens is 727 g/mol. The van der Waals surface area contributed by atoms with E-state index in [4.69, 9.17) is 46.5 Å². The summed E-state index contributed by atoms with van der Waals surface area (Å²) in [6, 6.07) is 22.0. The second-order valence-corrected chi connectivity index (χ2v) is 16.2. The molecule has 0 N–H and O–H groups in total. The third kappa shape index (κ3) is 8.93. The third-order valence-electron chi connectivity index (χ3n) is 10.1. The summed E-state index contributed by atoms with van der Waals surface area (Å²) in [5.74, 6) is 0.436. The number of nitrogens with zero attached hydrogens (tertiary/aromatic N) is 2. The molecule has 2 spiro atoms. The topological polar surface area (TPSA) is 122 Å². The third-order valence-corrected chi connectivity index (χ3v) is 11.2. The predicted molar refractivity (Wildman–Crippen MR) is 201 cm³/mol. The molecule has 0 bridgehead atoms. The number of halogens is 2. The standard InChI is InChI=1S/C22H24ClNO5S.C17H20ClNO3/c1-30(25,26)27-15-20-21(24-29-22(20)13-3-2-4-14-22)16-5-9-18(10-6-16)28-19-11-7-17(23)8-12-19;1-2-21-16(20)14-15(12-6-8-13(18)9-7-12)19-22-17(14)10-4-3-5-11-17/h5-12,20H,2-4,13-15H2,1H3;6-9,14H,2-5,10-11H2,1H3. The molecule has 13 heteroatoms. The predicted octanol–water partition coefficient (Wildman–Crippen LogP) is 9.12. The highest BCUT2D eigenvalue weighted by molar-refractivity contribution is 7.85. The van der Waals surface area contributed by atoms with Gasteiger partial charge in [0.25, 0.3) is 10.1 Å². The van der Waals surface area contributed by atoms with Gasteiger partial charge in [-0.3, -0.25) is 8.98 Å². The molecule has 3 aromatic rings. The number of hydrogen-bond acceptors (Lipinski definition) is 10. The molecule has 2 heterocycles. The van der Waals surface area contributed by atoms with E-state index in [1.54, 1.807) is 36.4 Å². The van der Waals surface area contributed by atoms with Gasteiger partial charge in [0.05, 0.1) is 31.1 Å². The molecule has 278 valence electrons. The van der Waals surface area contributed by atoms with E-state index in [-0.39, 0.29) is 18.5 Å². The van der Waals surface area contributed by atoms with Gasteiger partial charge in [0.15, 0.2) is 5.60 Å². The summed E-state index contributed by atoms with van der Waals surface area (Å²) >= 11 is 11.9. The molecule has 2 aliphatic heterocycles.